The summed E-state index contributed by atoms with van der Waals surface area (Å²) in [5.74, 6) is 0.248. The van der Waals surface area contributed by atoms with Gasteiger partial charge in [0.1, 0.15) is 0 Å². The van der Waals surface area contributed by atoms with Crippen LogP contribution >= 0.6 is 0 Å². The van der Waals surface area contributed by atoms with Crippen molar-refractivity contribution in [2.45, 2.75) is 76.5 Å². The highest BCUT2D eigenvalue weighted by Gasteiger charge is 2.40. The lowest BCUT2D eigenvalue weighted by Crippen LogP contribution is -2.51. The molecule has 4 rings (SSSR count). The number of hydrogen-bond acceptors (Lipinski definition) is 3. The molecule has 5 nitrogen and oxygen atoms in total. The monoisotopic (exact) mass is 447 g/mol. The molecule has 0 radical (unpaired) electrons. The molecule has 2 saturated heterocycles. The van der Waals surface area contributed by atoms with Gasteiger partial charge in [0.05, 0.1) is 12.1 Å². The normalized spacial score (nSPS) is 24.0. The third-order valence-electron chi connectivity index (χ3n) is 7.43. The van der Waals surface area contributed by atoms with Crippen LogP contribution < -0.4 is 10.6 Å². The first-order chi connectivity index (χ1) is 16.1. The Balaban J connectivity index is 1.49. The fraction of sp³-hybridized carbons (Fsp3) is 0.500. The number of rotatable bonds is 7. The van der Waals surface area contributed by atoms with Gasteiger partial charge >= 0.3 is 0 Å². The average Bonchev–Trinajstić information content (AvgIpc) is 3.14. The molecule has 2 aliphatic heterocycles. The number of amides is 2. The predicted octanol–water partition coefficient (Wildman–Crippen LogP) is 4.44. The molecular formula is C28H37N3O2. The number of carbonyl (C=O) groups excluding carboxylic acids is 2. The number of benzene rings is 2. The third kappa shape index (κ3) is 5.64. The lowest BCUT2D eigenvalue weighted by atomic mass is 9.98. The molecule has 0 bridgehead atoms. The summed E-state index contributed by atoms with van der Waals surface area (Å²) in [5, 5.41) is 6.62. The fourth-order valence-corrected chi connectivity index (χ4v) is 5.29. The summed E-state index contributed by atoms with van der Waals surface area (Å²) in [6, 6.07) is 20.6. The molecule has 1 unspecified atom stereocenters. The van der Waals surface area contributed by atoms with Gasteiger partial charge < -0.3 is 10.6 Å². The molecule has 2 aliphatic rings. The van der Waals surface area contributed by atoms with Gasteiger partial charge in [-0.3, -0.25) is 14.5 Å². The topological polar surface area (TPSA) is 61.4 Å². The van der Waals surface area contributed by atoms with E-state index in [2.05, 4.69) is 39.8 Å². The maximum Gasteiger partial charge on any atom is 0.238 e. The Morgan fingerprint density at radius 1 is 0.939 bits per heavy atom. The summed E-state index contributed by atoms with van der Waals surface area (Å²) >= 11 is 0. The zero-order chi connectivity index (χ0) is 23.2. The zero-order valence-electron chi connectivity index (χ0n) is 19.9. The van der Waals surface area contributed by atoms with E-state index in [1.807, 2.05) is 50.2 Å². The molecule has 33 heavy (non-hydrogen) atoms. The van der Waals surface area contributed by atoms with E-state index < -0.39 is 0 Å². The Bertz CT molecular complexity index is 878. The maximum absolute atomic E-state index is 13.6. The van der Waals surface area contributed by atoms with Gasteiger partial charge in [-0.15, -0.1) is 0 Å². The van der Waals surface area contributed by atoms with Gasteiger partial charge in [0, 0.05) is 24.5 Å². The van der Waals surface area contributed by atoms with Crippen LogP contribution in [-0.4, -0.2) is 41.4 Å². The maximum atomic E-state index is 13.6. The van der Waals surface area contributed by atoms with Crippen molar-refractivity contribution >= 4 is 11.8 Å². The Morgan fingerprint density at radius 2 is 1.58 bits per heavy atom. The minimum Gasteiger partial charge on any atom is -0.352 e. The van der Waals surface area contributed by atoms with Crippen molar-refractivity contribution in [3.05, 3.63) is 71.8 Å². The van der Waals surface area contributed by atoms with Gasteiger partial charge in [0.2, 0.25) is 11.8 Å². The van der Waals surface area contributed by atoms with Crippen LogP contribution in [0.2, 0.25) is 0 Å². The van der Waals surface area contributed by atoms with Gasteiger partial charge in [0.15, 0.2) is 0 Å². The minimum absolute atomic E-state index is 0.0271. The molecule has 2 aromatic rings. The first-order valence-electron chi connectivity index (χ1n) is 12.5. The van der Waals surface area contributed by atoms with E-state index in [-0.39, 0.29) is 35.9 Å². The van der Waals surface area contributed by atoms with E-state index >= 15 is 0 Å². The van der Waals surface area contributed by atoms with Crippen LogP contribution in [0.3, 0.4) is 0 Å². The summed E-state index contributed by atoms with van der Waals surface area (Å²) in [7, 11) is 0. The lowest BCUT2D eigenvalue weighted by molar-refractivity contribution is -0.126. The van der Waals surface area contributed by atoms with E-state index in [0.717, 1.165) is 56.2 Å². The fourth-order valence-electron chi connectivity index (χ4n) is 5.29. The van der Waals surface area contributed by atoms with Crippen molar-refractivity contribution in [2.24, 2.45) is 5.92 Å². The SMILES string of the molecule is CC[C@@H](C)C(=O)NC1CCC[C@H]2CC[C@@H](C(=O)NC(c3ccccc3)c3ccccc3)N2C1. The second kappa shape index (κ2) is 11.0. The molecule has 2 heterocycles. The van der Waals surface area contributed by atoms with Crippen LogP contribution in [0.1, 0.15) is 69.5 Å². The van der Waals surface area contributed by atoms with Crippen molar-refractivity contribution in [2.75, 3.05) is 6.54 Å². The van der Waals surface area contributed by atoms with Crippen LogP contribution in [0.15, 0.2) is 60.7 Å². The lowest BCUT2D eigenvalue weighted by Gasteiger charge is -2.32. The number of fused-ring (bicyclic) bond motifs is 1. The van der Waals surface area contributed by atoms with Crippen LogP contribution in [-0.2, 0) is 9.59 Å². The molecule has 2 fully saturated rings. The summed E-state index contributed by atoms with van der Waals surface area (Å²) in [4.78, 5) is 28.5. The number of nitrogens with zero attached hydrogens (tertiary/aromatic N) is 1. The van der Waals surface area contributed by atoms with E-state index in [4.69, 9.17) is 0 Å². The zero-order valence-corrected chi connectivity index (χ0v) is 19.9. The summed E-state index contributed by atoms with van der Waals surface area (Å²) in [6.07, 6.45) is 5.94. The molecule has 0 aromatic heterocycles. The van der Waals surface area contributed by atoms with E-state index in [0.29, 0.717) is 6.04 Å². The van der Waals surface area contributed by atoms with Gasteiger partial charge in [-0.05, 0) is 49.7 Å². The van der Waals surface area contributed by atoms with Gasteiger partial charge in [-0.2, -0.15) is 0 Å². The van der Waals surface area contributed by atoms with Crippen molar-refractivity contribution in [3.8, 4) is 0 Å². The van der Waals surface area contributed by atoms with E-state index in [1.165, 1.54) is 0 Å². The van der Waals surface area contributed by atoms with Gasteiger partial charge in [0.25, 0.3) is 0 Å². The number of hydrogen-bond donors (Lipinski definition) is 2. The van der Waals surface area contributed by atoms with Crippen molar-refractivity contribution in [3.63, 3.8) is 0 Å². The molecule has 5 heteroatoms. The molecule has 2 amide bonds. The molecule has 0 spiro atoms. The highest BCUT2D eigenvalue weighted by Crippen LogP contribution is 2.32. The van der Waals surface area contributed by atoms with Gasteiger partial charge in [-0.25, -0.2) is 0 Å². The number of carbonyl (C=O) groups is 2. The van der Waals surface area contributed by atoms with Crippen LogP contribution in [0.5, 0.6) is 0 Å². The Labute approximate surface area is 197 Å². The second-order valence-corrected chi connectivity index (χ2v) is 9.65. The smallest absolute Gasteiger partial charge is 0.238 e. The van der Waals surface area contributed by atoms with Crippen molar-refractivity contribution in [1.82, 2.24) is 15.5 Å². The Kier molecular flexibility index (Phi) is 7.81. The summed E-state index contributed by atoms with van der Waals surface area (Å²) in [5.41, 5.74) is 2.17. The third-order valence-corrected chi connectivity index (χ3v) is 7.43. The highest BCUT2D eigenvalue weighted by molar-refractivity contribution is 5.83. The van der Waals surface area contributed by atoms with Crippen molar-refractivity contribution in [1.29, 1.82) is 0 Å². The molecule has 4 atom stereocenters. The first-order valence-corrected chi connectivity index (χ1v) is 12.5. The van der Waals surface area contributed by atoms with Crippen LogP contribution in [0, 0.1) is 5.92 Å². The molecule has 0 saturated carbocycles. The standard InChI is InChI=1S/C28H37N3O2/c1-3-20(2)27(32)29-23-15-10-16-24-17-18-25(31(24)19-23)28(33)30-26(21-11-6-4-7-12-21)22-13-8-5-9-14-22/h4-9,11-14,20,23-26H,3,10,15-19H2,1-2H3,(H,29,32)(H,30,33)/t20-,23?,24+,25+/m1/s1. The quantitative estimate of drug-likeness (QED) is 0.660. The molecule has 2 aromatic carbocycles. The average molecular weight is 448 g/mol. The number of nitrogens with one attached hydrogen (secondary N) is 2. The summed E-state index contributed by atoms with van der Waals surface area (Å²) < 4.78 is 0. The predicted molar refractivity (Wildman–Crippen MR) is 132 cm³/mol. The van der Waals surface area contributed by atoms with Crippen molar-refractivity contribution < 1.29 is 9.59 Å². The molecule has 176 valence electrons. The molecular weight excluding hydrogens is 410 g/mol. The Hall–Kier alpha value is -2.66. The Morgan fingerprint density at radius 3 is 2.18 bits per heavy atom. The van der Waals surface area contributed by atoms with E-state index in [1.54, 1.807) is 0 Å². The first kappa shape index (κ1) is 23.5. The largest absolute Gasteiger partial charge is 0.352 e. The summed E-state index contributed by atoms with van der Waals surface area (Å²) in [6.45, 7) is 4.78. The molecule has 0 aliphatic carbocycles. The van der Waals surface area contributed by atoms with E-state index in [9.17, 15) is 9.59 Å². The van der Waals surface area contributed by atoms with Crippen LogP contribution in [0.4, 0.5) is 0 Å². The second-order valence-electron chi connectivity index (χ2n) is 9.65. The minimum atomic E-state index is -0.174. The van der Waals surface area contributed by atoms with Gasteiger partial charge in [-0.1, -0.05) is 74.5 Å². The molecule has 2 N–H and O–H groups in total. The van der Waals surface area contributed by atoms with Crippen LogP contribution in [0.25, 0.3) is 0 Å². The highest BCUT2D eigenvalue weighted by atomic mass is 16.2.